The van der Waals surface area contributed by atoms with Gasteiger partial charge in [-0.25, -0.2) is 0 Å². The minimum absolute atomic E-state index is 0.0970. The van der Waals surface area contributed by atoms with Crippen molar-refractivity contribution in [3.8, 4) is 0 Å². The Morgan fingerprint density at radius 2 is 1.90 bits per heavy atom. The van der Waals surface area contributed by atoms with E-state index >= 15 is 0 Å². The Hall–Kier alpha value is -2.85. The summed E-state index contributed by atoms with van der Waals surface area (Å²) in [7, 11) is 1.51. The van der Waals surface area contributed by atoms with E-state index in [1.807, 2.05) is 0 Å². The highest BCUT2D eigenvalue weighted by Gasteiger charge is 2.43. The van der Waals surface area contributed by atoms with Crippen LogP contribution in [0.25, 0.3) is 10.9 Å². The van der Waals surface area contributed by atoms with Crippen molar-refractivity contribution in [2.45, 2.75) is 32.5 Å². The number of fused-ring (bicyclic) bond motifs is 6. The molecule has 0 saturated carbocycles. The molecule has 1 aromatic heterocycles. The van der Waals surface area contributed by atoms with Gasteiger partial charge in [0.25, 0.3) is 0 Å². The van der Waals surface area contributed by atoms with Gasteiger partial charge >= 0.3 is 5.97 Å². The van der Waals surface area contributed by atoms with Crippen molar-refractivity contribution in [2.24, 2.45) is 11.8 Å². The fourth-order valence-corrected chi connectivity index (χ4v) is 5.45. The van der Waals surface area contributed by atoms with Gasteiger partial charge in [0.2, 0.25) is 0 Å². The van der Waals surface area contributed by atoms with Gasteiger partial charge in [-0.15, -0.1) is 0 Å². The molecule has 0 N–H and O–H groups in total. The van der Waals surface area contributed by atoms with Crippen LogP contribution in [0.1, 0.15) is 30.6 Å². The fraction of sp³-hybridized carbons (Fsp3) is 0.346. The van der Waals surface area contributed by atoms with E-state index in [1.54, 1.807) is 0 Å². The van der Waals surface area contributed by atoms with Gasteiger partial charge in [-0.05, 0) is 42.3 Å². The Kier molecular flexibility index (Phi) is 4.95. The standard InChI is InChI=1S/C26H28N2O2/c1-3-19-16-27(15-18-9-5-4-6-10-18)24-14-21(19)22(26(29)30-2)17-28-23-12-8-7-11-20(23)13-25(24)28/h3-13,21-22,24H,14-17H2,1-2H3/b19-3-/t21-,22-,24-/m0/s1. The van der Waals surface area contributed by atoms with Crippen molar-refractivity contribution >= 4 is 16.9 Å². The topological polar surface area (TPSA) is 34.5 Å². The Balaban J connectivity index is 1.63. The first-order valence-corrected chi connectivity index (χ1v) is 10.8. The molecule has 0 unspecified atom stereocenters. The van der Waals surface area contributed by atoms with Crippen molar-refractivity contribution < 1.29 is 9.53 Å². The van der Waals surface area contributed by atoms with E-state index in [0.717, 1.165) is 19.5 Å². The second-order valence-electron chi connectivity index (χ2n) is 8.48. The van der Waals surface area contributed by atoms with Crippen LogP contribution in [0.2, 0.25) is 0 Å². The van der Waals surface area contributed by atoms with E-state index in [2.05, 4.69) is 83.1 Å². The molecule has 1 saturated heterocycles. The van der Waals surface area contributed by atoms with E-state index in [9.17, 15) is 4.79 Å². The predicted molar refractivity (Wildman–Crippen MR) is 119 cm³/mol. The molecule has 2 bridgehead atoms. The van der Waals surface area contributed by atoms with Crippen LogP contribution in [0.4, 0.5) is 0 Å². The van der Waals surface area contributed by atoms with E-state index in [4.69, 9.17) is 4.74 Å². The molecule has 4 heteroatoms. The maximum Gasteiger partial charge on any atom is 0.311 e. The van der Waals surface area contributed by atoms with Crippen LogP contribution in [0.3, 0.4) is 0 Å². The van der Waals surface area contributed by atoms with Gasteiger partial charge in [-0.3, -0.25) is 9.69 Å². The van der Waals surface area contributed by atoms with Gasteiger partial charge in [0.05, 0.1) is 19.1 Å². The highest BCUT2D eigenvalue weighted by atomic mass is 16.5. The average Bonchev–Trinajstić information content (AvgIpc) is 3.09. The number of piperidine rings is 1. The van der Waals surface area contributed by atoms with Crippen LogP contribution >= 0.6 is 0 Å². The first-order valence-electron chi connectivity index (χ1n) is 10.8. The molecule has 3 aromatic rings. The highest BCUT2D eigenvalue weighted by Crippen LogP contribution is 2.46. The van der Waals surface area contributed by atoms with Crippen LogP contribution in [0.15, 0.2) is 72.3 Å². The zero-order valence-corrected chi connectivity index (χ0v) is 17.6. The largest absolute Gasteiger partial charge is 0.469 e. The lowest BCUT2D eigenvalue weighted by atomic mass is 9.77. The van der Waals surface area contributed by atoms with Gasteiger partial charge in [-0.2, -0.15) is 0 Å². The number of esters is 1. The zero-order chi connectivity index (χ0) is 20.7. The molecule has 3 heterocycles. The maximum absolute atomic E-state index is 12.8. The molecule has 4 nitrogen and oxygen atoms in total. The molecule has 2 aromatic carbocycles. The number of aromatic nitrogens is 1. The summed E-state index contributed by atoms with van der Waals surface area (Å²) >= 11 is 0. The number of allylic oxidation sites excluding steroid dienone is 1. The molecule has 0 spiro atoms. The lowest BCUT2D eigenvalue weighted by Gasteiger charge is -2.41. The smallest absolute Gasteiger partial charge is 0.311 e. The SMILES string of the molecule is C/C=C1/CN(Cc2ccccc2)[C@H]2C[C@@H]1[C@@H](C(=O)OC)Cn1c2cc2ccccc21. The molecule has 0 aliphatic carbocycles. The lowest BCUT2D eigenvalue weighted by Crippen LogP contribution is -2.40. The molecule has 2 aliphatic heterocycles. The molecular formula is C26H28N2O2. The Labute approximate surface area is 177 Å². The predicted octanol–water partition coefficient (Wildman–Crippen LogP) is 4.95. The number of likely N-dealkylation sites (tertiary alicyclic amines) is 1. The number of hydrogen-bond donors (Lipinski definition) is 0. The summed E-state index contributed by atoms with van der Waals surface area (Å²) in [5.74, 6) is -0.0296. The summed E-state index contributed by atoms with van der Waals surface area (Å²) in [6.45, 7) is 4.56. The van der Waals surface area contributed by atoms with Gasteiger partial charge in [0.1, 0.15) is 0 Å². The summed E-state index contributed by atoms with van der Waals surface area (Å²) in [6, 6.07) is 21.8. The quantitative estimate of drug-likeness (QED) is 0.461. The second-order valence-corrected chi connectivity index (χ2v) is 8.48. The van der Waals surface area contributed by atoms with Crippen molar-refractivity contribution in [3.63, 3.8) is 0 Å². The Morgan fingerprint density at radius 3 is 2.67 bits per heavy atom. The highest BCUT2D eigenvalue weighted by molar-refractivity contribution is 5.82. The third-order valence-electron chi connectivity index (χ3n) is 6.93. The zero-order valence-electron chi connectivity index (χ0n) is 17.6. The summed E-state index contributed by atoms with van der Waals surface area (Å²) in [6.07, 6.45) is 3.16. The summed E-state index contributed by atoms with van der Waals surface area (Å²) in [5, 5.41) is 1.24. The number of para-hydroxylation sites is 1. The normalized spacial score (nSPS) is 25.1. The van der Waals surface area contributed by atoms with Crippen LogP contribution in [-0.2, 0) is 22.6 Å². The molecule has 3 atom stereocenters. The number of ether oxygens (including phenoxy) is 1. The first-order chi connectivity index (χ1) is 14.7. The van der Waals surface area contributed by atoms with Crippen molar-refractivity contribution in [1.29, 1.82) is 0 Å². The lowest BCUT2D eigenvalue weighted by molar-refractivity contribution is -0.147. The molecule has 154 valence electrons. The summed E-state index contributed by atoms with van der Waals surface area (Å²) < 4.78 is 7.64. The number of methoxy groups -OCH3 is 1. The number of carbonyl (C=O) groups excluding carboxylic acids is 1. The third kappa shape index (κ3) is 3.16. The molecule has 0 radical (unpaired) electrons. The van der Waals surface area contributed by atoms with Crippen LogP contribution in [0.5, 0.6) is 0 Å². The number of rotatable bonds is 3. The van der Waals surface area contributed by atoms with Crippen molar-refractivity contribution in [3.05, 3.63) is 83.6 Å². The number of nitrogens with zero attached hydrogens (tertiary/aromatic N) is 2. The van der Waals surface area contributed by atoms with Gasteiger partial charge in [0, 0.05) is 30.8 Å². The van der Waals surface area contributed by atoms with Crippen molar-refractivity contribution in [2.75, 3.05) is 13.7 Å². The summed E-state index contributed by atoms with van der Waals surface area (Å²) in [5.41, 5.74) is 5.20. The van der Waals surface area contributed by atoms with Gasteiger partial charge < -0.3 is 9.30 Å². The molecule has 1 fully saturated rings. The first kappa shape index (κ1) is 19.1. The molecular weight excluding hydrogens is 372 g/mol. The molecule has 5 rings (SSSR count). The van der Waals surface area contributed by atoms with Crippen LogP contribution in [-0.4, -0.2) is 29.1 Å². The monoisotopic (exact) mass is 400 g/mol. The van der Waals surface area contributed by atoms with E-state index in [-0.39, 0.29) is 23.8 Å². The Bertz CT molecular complexity index is 1100. The number of carbonyl (C=O) groups is 1. The Morgan fingerprint density at radius 1 is 1.13 bits per heavy atom. The summed E-state index contributed by atoms with van der Waals surface area (Å²) in [4.78, 5) is 15.4. The molecule has 2 aliphatic rings. The van der Waals surface area contributed by atoms with Gasteiger partial charge in [-0.1, -0.05) is 60.2 Å². The third-order valence-corrected chi connectivity index (χ3v) is 6.93. The van der Waals surface area contributed by atoms with Gasteiger partial charge in [0.15, 0.2) is 0 Å². The van der Waals surface area contributed by atoms with Crippen LogP contribution in [0, 0.1) is 11.8 Å². The minimum atomic E-state index is -0.153. The van der Waals surface area contributed by atoms with E-state index in [1.165, 1.54) is 34.8 Å². The minimum Gasteiger partial charge on any atom is -0.469 e. The van der Waals surface area contributed by atoms with Crippen LogP contribution < -0.4 is 0 Å². The van der Waals surface area contributed by atoms with E-state index in [0.29, 0.717) is 6.54 Å². The second kappa shape index (κ2) is 7.77. The maximum atomic E-state index is 12.8. The molecule has 0 amide bonds. The average molecular weight is 401 g/mol. The van der Waals surface area contributed by atoms with Crippen molar-refractivity contribution in [1.82, 2.24) is 9.47 Å². The number of benzene rings is 2. The van der Waals surface area contributed by atoms with E-state index < -0.39 is 0 Å². The number of hydrogen-bond acceptors (Lipinski definition) is 3. The molecule has 30 heavy (non-hydrogen) atoms. The fourth-order valence-electron chi connectivity index (χ4n) is 5.45.